The molecule has 82 valence electrons. The fourth-order valence-corrected chi connectivity index (χ4v) is 2.08. The molecule has 1 aliphatic rings. The molecule has 1 heterocycles. The zero-order chi connectivity index (χ0) is 11.0. The Balaban J connectivity index is 2.31. The number of rotatable bonds is 2. The maximum absolute atomic E-state index is 11.0. The van der Waals surface area contributed by atoms with Crippen molar-refractivity contribution in [3.63, 3.8) is 0 Å². The number of carboxylic acid groups (broad SMARTS) is 1. The molecule has 1 aromatic heterocycles. The van der Waals surface area contributed by atoms with Gasteiger partial charge in [-0.15, -0.1) is 0 Å². The summed E-state index contributed by atoms with van der Waals surface area (Å²) in [4.78, 5) is 13.0. The van der Waals surface area contributed by atoms with E-state index >= 15 is 0 Å². The number of carboxylic acids is 1. The summed E-state index contributed by atoms with van der Waals surface area (Å²) in [6.45, 7) is 0. The van der Waals surface area contributed by atoms with Crippen LogP contribution in [-0.2, 0) is 11.2 Å². The molecule has 2 unspecified atom stereocenters. The van der Waals surface area contributed by atoms with Gasteiger partial charge < -0.3 is 14.5 Å². The first-order valence-corrected chi connectivity index (χ1v) is 4.92. The zero-order valence-electron chi connectivity index (χ0n) is 8.80. The van der Waals surface area contributed by atoms with Crippen molar-refractivity contribution in [3.05, 3.63) is 17.5 Å². The Labute approximate surface area is 87.7 Å². The highest BCUT2D eigenvalue weighted by Gasteiger charge is 2.34. The van der Waals surface area contributed by atoms with Crippen molar-refractivity contribution in [2.45, 2.75) is 18.9 Å². The van der Waals surface area contributed by atoms with E-state index in [0.717, 1.165) is 5.56 Å². The van der Waals surface area contributed by atoms with Gasteiger partial charge in [0.05, 0.1) is 12.1 Å². The zero-order valence-corrected chi connectivity index (χ0v) is 8.80. The molecule has 15 heavy (non-hydrogen) atoms. The molecule has 0 saturated carbocycles. The fraction of sp³-hybridized carbons (Fsp3) is 0.600. The molecule has 1 aromatic rings. The minimum Gasteiger partial charge on any atom is -0.481 e. The van der Waals surface area contributed by atoms with Gasteiger partial charge in [-0.25, -0.2) is 0 Å². The summed E-state index contributed by atoms with van der Waals surface area (Å²) in [7, 11) is 3.87. The van der Waals surface area contributed by atoms with Crippen LogP contribution in [0, 0.1) is 5.92 Å². The van der Waals surface area contributed by atoms with Gasteiger partial charge in [-0.2, -0.15) is 0 Å². The Bertz CT molecular complexity index is 372. The minimum absolute atomic E-state index is 0.0982. The van der Waals surface area contributed by atoms with Crippen LogP contribution in [0.25, 0.3) is 0 Å². The van der Waals surface area contributed by atoms with Crippen LogP contribution < -0.4 is 0 Å². The molecule has 0 aliphatic heterocycles. The molecule has 0 saturated heterocycles. The van der Waals surface area contributed by atoms with Crippen LogP contribution >= 0.6 is 0 Å². The van der Waals surface area contributed by atoms with E-state index in [1.54, 1.807) is 6.20 Å². The van der Waals surface area contributed by atoms with E-state index in [-0.39, 0.29) is 12.0 Å². The number of hydrogen-bond acceptors (Lipinski definition) is 4. The van der Waals surface area contributed by atoms with Gasteiger partial charge in [0, 0.05) is 18.0 Å². The molecule has 5 nitrogen and oxygen atoms in total. The van der Waals surface area contributed by atoms with Crippen molar-refractivity contribution >= 4 is 5.97 Å². The predicted octanol–water partition coefficient (Wildman–Crippen LogP) is 0.924. The Morgan fingerprint density at radius 1 is 1.67 bits per heavy atom. The first-order chi connectivity index (χ1) is 7.09. The smallest absolute Gasteiger partial charge is 0.307 e. The second-order valence-corrected chi connectivity index (χ2v) is 4.16. The molecule has 1 aliphatic carbocycles. The Kier molecular flexibility index (Phi) is 2.48. The number of fused-ring (bicyclic) bond motifs is 1. The number of aliphatic carboxylic acids is 1. The number of nitrogens with zero attached hydrogens (tertiary/aromatic N) is 2. The van der Waals surface area contributed by atoms with Crippen molar-refractivity contribution in [3.8, 4) is 0 Å². The van der Waals surface area contributed by atoms with Gasteiger partial charge in [0.15, 0.2) is 0 Å². The quantitative estimate of drug-likeness (QED) is 0.786. The van der Waals surface area contributed by atoms with Crippen molar-refractivity contribution < 1.29 is 14.4 Å². The molecule has 0 bridgehead atoms. The van der Waals surface area contributed by atoms with Gasteiger partial charge in [0.2, 0.25) is 0 Å². The first-order valence-electron chi connectivity index (χ1n) is 4.92. The lowest BCUT2D eigenvalue weighted by Crippen LogP contribution is -2.31. The van der Waals surface area contributed by atoms with Crippen molar-refractivity contribution in [2.75, 3.05) is 14.1 Å². The van der Waals surface area contributed by atoms with Gasteiger partial charge in [-0.1, -0.05) is 5.16 Å². The summed E-state index contributed by atoms with van der Waals surface area (Å²) < 4.78 is 5.08. The molecule has 5 heteroatoms. The van der Waals surface area contributed by atoms with Gasteiger partial charge >= 0.3 is 5.97 Å². The molecular formula is C10H14N2O3. The van der Waals surface area contributed by atoms with Crippen molar-refractivity contribution in [1.82, 2.24) is 10.1 Å². The summed E-state index contributed by atoms with van der Waals surface area (Å²) in [6, 6.07) is 0.0982. The first kappa shape index (κ1) is 10.2. The maximum atomic E-state index is 11.0. The highest BCUT2D eigenvalue weighted by atomic mass is 16.5. The average Bonchev–Trinajstić information content (AvgIpc) is 2.62. The third kappa shape index (κ3) is 1.74. The molecule has 0 amide bonds. The second kappa shape index (κ2) is 3.66. The Morgan fingerprint density at radius 3 is 3.00 bits per heavy atom. The van der Waals surface area contributed by atoms with Gasteiger partial charge in [0.25, 0.3) is 0 Å². The van der Waals surface area contributed by atoms with Crippen LogP contribution in [-0.4, -0.2) is 35.2 Å². The summed E-state index contributed by atoms with van der Waals surface area (Å²) >= 11 is 0. The number of hydrogen-bond donors (Lipinski definition) is 1. The normalized spacial score (nSPS) is 25.3. The average molecular weight is 210 g/mol. The van der Waals surface area contributed by atoms with E-state index in [4.69, 9.17) is 9.63 Å². The third-order valence-electron chi connectivity index (χ3n) is 2.95. The summed E-state index contributed by atoms with van der Waals surface area (Å²) in [5.41, 5.74) is 1.03. The van der Waals surface area contributed by atoms with Crippen LogP contribution in [0.4, 0.5) is 0 Å². The van der Waals surface area contributed by atoms with Crippen LogP contribution in [0.3, 0.4) is 0 Å². The van der Waals surface area contributed by atoms with E-state index in [1.807, 2.05) is 19.0 Å². The van der Waals surface area contributed by atoms with Crippen molar-refractivity contribution in [2.24, 2.45) is 5.92 Å². The van der Waals surface area contributed by atoms with E-state index in [9.17, 15) is 4.79 Å². The van der Waals surface area contributed by atoms with Crippen LogP contribution in [0.15, 0.2) is 10.7 Å². The van der Waals surface area contributed by atoms with Crippen molar-refractivity contribution in [1.29, 1.82) is 0 Å². The van der Waals surface area contributed by atoms with Gasteiger partial charge in [0.1, 0.15) is 5.76 Å². The second-order valence-electron chi connectivity index (χ2n) is 4.16. The maximum Gasteiger partial charge on any atom is 0.307 e. The molecule has 0 radical (unpaired) electrons. The fourth-order valence-electron chi connectivity index (χ4n) is 2.08. The summed E-state index contributed by atoms with van der Waals surface area (Å²) in [5, 5.41) is 12.8. The Morgan fingerprint density at radius 2 is 2.40 bits per heavy atom. The molecular weight excluding hydrogens is 196 g/mol. The van der Waals surface area contributed by atoms with Gasteiger partial charge in [-0.05, 0) is 20.5 Å². The summed E-state index contributed by atoms with van der Waals surface area (Å²) in [5.74, 6) is -0.408. The Hall–Kier alpha value is -1.36. The van der Waals surface area contributed by atoms with E-state index < -0.39 is 5.97 Å². The third-order valence-corrected chi connectivity index (χ3v) is 2.95. The largest absolute Gasteiger partial charge is 0.481 e. The lowest BCUT2D eigenvalue weighted by Gasteiger charge is -2.30. The minimum atomic E-state index is -0.760. The summed E-state index contributed by atoms with van der Waals surface area (Å²) in [6.07, 6.45) is 2.77. The predicted molar refractivity (Wildman–Crippen MR) is 52.4 cm³/mol. The topological polar surface area (TPSA) is 66.6 Å². The lowest BCUT2D eigenvalue weighted by molar-refractivity contribution is -0.142. The van der Waals surface area contributed by atoms with E-state index in [2.05, 4.69) is 5.16 Å². The highest BCUT2D eigenvalue weighted by molar-refractivity contribution is 5.70. The molecule has 2 rings (SSSR count). The lowest BCUT2D eigenvalue weighted by atomic mass is 9.84. The monoisotopic (exact) mass is 210 g/mol. The molecule has 0 fully saturated rings. The van der Waals surface area contributed by atoms with E-state index in [1.165, 1.54) is 0 Å². The molecule has 1 N–H and O–H groups in total. The van der Waals surface area contributed by atoms with Gasteiger partial charge in [-0.3, -0.25) is 4.79 Å². The standard InChI is InChI=1S/C10H14N2O3/c1-12(2)8-3-6(10(13)14)4-9-7(8)5-11-15-9/h5-6,8H,3-4H2,1-2H3,(H,13,14). The van der Waals surface area contributed by atoms with Crippen LogP contribution in [0.5, 0.6) is 0 Å². The number of aromatic nitrogens is 1. The SMILES string of the molecule is CN(C)C1CC(C(=O)O)Cc2oncc21. The van der Waals surface area contributed by atoms with Crippen LogP contribution in [0.1, 0.15) is 23.8 Å². The number of carbonyl (C=O) groups is 1. The molecule has 0 aromatic carbocycles. The van der Waals surface area contributed by atoms with Crippen LogP contribution in [0.2, 0.25) is 0 Å². The highest BCUT2D eigenvalue weighted by Crippen LogP contribution is 2.35. The molecule has 2 atom stereocenters. The molecule has 0 spiro atoms. The van der Waals surface area contributed by atoms with E-state index in [0.29, 0.717) is 18.6 Å².